The molecule has 3 aromatic rings. The maximum absolute atomic E-state index is 12.9. The summed E-state index contributed by atoms with van der Waals surface area (Å²) >= 11 is 0. The van der Waals surface area contributed by atoms with Gasteiger partial charge in [0, 0.05) is 25.6 Å². The molecule has 8 heteroatoms. The molecule has 3 rings (SSSR count). The fourth-order valence-electron chi connectivity index (χ4n) is 3.73. The molecule has 0 aliphatic rings. The van der Waals surface area contributed by atoms with Gasteiger partial charge in [0.25, 0.3) is 0 Å². The van der Waals surface area contributed by atoms with Gasteiger partial charge in [0.2, 0.25) is 5.91 Å². The topological polar surface area (TPSA) is 94.5 Å². The highest BCUT2D eigenvalue weighted by Gasteiger charge is 2.26. The monoisotopic (exact) mass is 466 g/mol. The lowest BCUT2D eigenvalue weighted by Crippen LogP contribution is -2.20. The lowest BCUT2D eigenvalue weighted by Gasteiger charge is -2.19. The summed E-state index contributed by atoms with van der Waals surface area (Å²) in [5.74, 6) is -0.890. The zero-order chi connectivity index (χ0) is 24.7. The summed E-state index contributed by atoms with van der Waals surface area (Å²) in [5, 5.41) is 6.91. The van der Waals surface area contributed by atoms with E-state index in [0.717, 1.165) is 25.1 Å². The number of aryl methyl sites for hydroxylation is 2. The standard InChI is InChI=1S/C26H34N4O4/c1-26(2,3)17-28-19-14-20-22(29-21(31)16-33-4)23(25(32)34-5)30(24(20)27-15-19)13-9-12-18-10-7-6-8-11-18/h6-8,10-11,14-15,28H,9,12-13,16-17H2,1-5H3,(H,29,31). The van der Waals surface area contributed by atoms with Crippen LogP contribution in [0.15, 0.2) is 42.6 Å². The average molecular weight is 467 g/mol. The van der Waals surface area contributed by atoms with Crippen molar-refractivity contribution in [2.24, 2.45) is 5.41 Å². The zero-order valence-electron chi connectivity index (χ0n) is 20.6. The first-order chi connectivity index (χ1) is 16.2. The third-order valence-corrected chi connectivity index (χ3v) is 5.33. The van der Waals surface area contributed by atoms with Crippen molar-refractivity contribution in [3.8, 4) is 0 Å². The van der Waals surface area contributed by atoms with Gasteiger partial charge in [0.05, 0.1) is 24.7 Å². The number of methoxy groups -OCH3 is 2. The fraction of sp³-hybridized carbons (Fsp3) is 0.423. The molecule has 0 spiro atoms. The molecule has 8 nitrogen and oxygen atoms in total. The Hall–Kier alpha value is -3.39. The van der Waals surface area contributed by atoms with E-state index in [2.05, 4.69) is 48.5 Å². The molecule has 0 unspecified atom stereocenters. The van der Waals surface area contributed by atoms with Crippen molar-refractivity contribution in [3.05, 3.63) is 53.9 Å². The summed E-state index contributed by atoms with van der Waals surface area (Å²) in [7, 11) is 2.78. The summed E-state index contributed by atoms with van der Waals surface area (Å²) in [6.07, 6.45) is 3.39. The number of benzene rings is 1. The number of pyridine rings is 1. The normalized spacial score (nSPS) is 11.4. The van der Waals surface area contributed by atoms with Crippen LogP contribution in [0.1, 0.15) is 43.2 Å². The number of fused-ring (bicyclic) bond motifs is 1. The van der Waals surface area contributed by atoms with E-state index in [-0.39, 0.29) is 23.6 Å². The first-order valence-corrected chi connectivity index (χ1v) is 11.4. The van der Waals surface area contributed by atoms with Gasteiger partial charge in [-0.15, -0.1) is 0 Å². The van der Waals surface area contributed by atoms with E-state index in [4.69, 9.17) is 9.47 Å². The summed E-state index contributed by atoms with van der Waals surface area (Å²) in [6, 6.07) is 12.1. The Morgan fingerprint density at radius 1 is 1.12 bits per heavy atom. The molecule has 0 aliphatic carbocycles. The lowest BCUT2D eigenvalue weighted by molar-refractivity contribution is -0.119. The van der Waals surface area contributed by atoms with Crippen LogP contribution in [0.3, 0.4) is 0 Å². The van der Waals surface area contributed by atoms with Crippen LogP contribution in [0.5, 0.6) is 0 Å². The number of amides is 1. The van der Waals surface area contributed by atoms with E-state index in [1.165, 1.54) is 19.8 Å². The van der Waals surface area contributed by atoms with Gasteiger partial charge in [-0.1, -0.05) is 51.1 Å². The van der Waals surface area contributed by atoms with E-state index in [1.807, 2.05) is 28.8 Å². The zero-order valence-corrected chi connectivity index (χ0v) is 20.6. The van der Waals surface area contributed by atoms with E-state index >= 15 is 0 Å². The van der Waals surface area contributed by atoms with Gasteiger partial charge < -0.3 is 24.7 Å². The average Bonchev–Trinajstić information content (AvgIpc) is 3.10. The molecule has 1 aromatic carbocycles. The number of rotatable bonds is 10. The number of ether oxygens (including phenoxy) is 2. The smallest absolute Gasteiger partial charge is 0.356 e. The maximum atomic E-state index is 12.9. The molecule has 0 aliphatic heterocycles. The minimum atomic E-state index is -0.533. The molecule has 0 atom stereocenters. The Balaban J connectivity index is 2.03. The predicted octanol–water partition coefficient (Wildman–Crippen LogP) is 4.50. The number of hydrogen-bond donors (Lipinski definition) is 2. The molecule has 0 radical (unpaired) electrons. The van der Waals surface area contributed by atoms with Crippen LogP contribution in [0.4, 0.5) is 11.4 Å². The molecule has 0 saturated carbocycles. The highest BCUT2D eigenvalue weighted by molar-refractivity contribution is 6.11. The molecular formula is C26H34N4O4. The molecule has 0 saturated heterocycles. The van der Waals surface area contributed by atoms with Gasteiger partial charge >= 0.3 is 5.97 Å². The van der Waals surface area contributed by atoms with E-state index in [0.29, 0.717) is 23.3 Å². The van der Waals surface area contributed by atoms with Crippen molar-refractivity contribution in [3.63, 3.8) is 0 Å². The van der Waals surface area contributed by atoms with Gasteiger partial charge in [-0.3, -0.25) is 4.79 Å². The number of nitrogens with one attached hydrogen (secondary N) is 2. The van der Waals surface area contributed by atoms with Crippen LogP contribution >= 0.6 is 0 Å². The number of anilines is 2. The van der Waals surface area contributed by atoms with Crippen LogP contribution in [0, 0.1) is 5.41 Å². The predicted molar refractivity (Wildman–Crippen MR) is 134 cm³/mol. The van der Waals surface area contributed by atoms with Gasteiger partial charge in [-0.2, -0.15) is 0 Å². The molecule has 2 N–H and O–H groups in total. The van der Waals surface area contributed by atoms with Crippen LogP contribution in [0.2, 0.25) is 0 Å². The Kier molecular flexibility index (Phi) is 8.28. The van der Waals surface area contributed by atoms with Crippen molar-refractivity contribution in [1.29, 1.82) is 0 Å². The first kappa shape index (κ1) is 25.2. The third-order valence-electron chi connectivity index (χ3n) is 5.33. The minimum Gasteiger partial charge on any atom is -0.464 e. The molecule has 2 aromatic heterocycles. The van der Waals surface area contributed by atoms with Crippen molar-refractivity contribution in [2.75, 3.05) is 38.0 Å². The number of esters is 1. The summed E-state index contributed by atoms with van der Waals surface area (Å²) in [4.78, 5) is 30.0. The Morgan fingerprint density at radius 2 is 1.85 bits per heavy atom. The summed E-state index contributed by atoms with van der Waals surface area (Å²) in [5.41, 5.74) is 3.37. The quantitative estimate of drug-likeness (QED) is 0.427. The number of hydrogen-bond acceptors (Lipinski definition) is 6. The molecule has 1 amide bonds. The summed E-state index contributed by atoms with van der Waals surface area (Å²) < 4.78 is 11.9. The van der Waals surface area contributed by atoms with E-state index in [9.17, 15) is 9.59 Å². The highest BCUT2D eigenvalue weighted by atomic mass is 16.5. The molecule has 0 fully saturated rings. The number of aromatic nitrogens is 2. The second-order valence-corrected chi connectivity index (χ2v) is 9.45. The maximum Gasteiger partial charge on any atom is 0.356 e. The van der Waals surface area contributed by atoms with Crippen molar-refractivity contribution in [2.45, 2.75) is 40.2 Å². The molecule has 34 heavy (non-hydrogen) atoms. The fourth-order valence-corrected chi connectivity index (χ4v) is 3.73. The first-order valence-electron chi connectivity index (χ1n) is 11.4. The lowest BCUT2D eigenvalue weighted by atomic mass is 9.97. The van der Waals surface area contributed by atoms with E-state index < -0.39 is 5.97 Å². The van der Waals surface area contributed by atoms with Gasteiger partial charge in [0.1, 0.15) is 12.3 Å². The summed E-state index contributed by atoms with van der Waals surface area (Å²) in [6.45, 7) is 7.57. The van der Waals surface area contributed by atoms with Crippen LogP contribution in [0.25, 0.3) is 11.0 Å². The van der Waals surface area contributed by atoms with Gasteiger partial charge in [0.15, 0.2) is 5.69 Å². The molecule has 2 heterocycles. The van der Waals surface area contributed by atoms with Crippen molar-refractivity contribution >= 4 is 34.3 Å². The van der Waals surface area contributed by atoms with E-state index in [1.54, 1.807) is 6.20 Å². The SMILES string of the molecule is COCC(=O)Nc1c(C(=O)OC)n(CCCc2ccccc2)c2ncc(NCC(C)(C)C)cc12. The van der Waals surface area contributed by atoms with Gasteiger partial charge in [-0.25, -0.2) is 9.78 Å². The van der Waals surface area contributed by atoms with Crippen molar-refractivity contribution < 1.29 is 19.1 Å². The number of carbonyl (C=O) groups excluding carboxylic acids is 2. The minimum absolute atomic E-state index is 0.0744. The van der Waals surface area contributed by atoms with Crippen LogP contribution in [-0.4, -0.2) is 48.8 Å². The second kappa shape index (κ2) is 11.2. The Bertz CT molecular complexity index is 1130. The second-order valence-electron chi connectivity index (χ2n) is 9.45. The third kappa shape index (κ3) is 6.35. The number of carbonyl (C=O) groups is 2. The Labute approximate surface area is 200 Å². The van der Waals surface area contributed by atoms with Gasteiger partial charge in [-0.05, 0) is 29.9 Å². The number of nitrogens with zero attached hydrogens (tertiary/aromatic N) is 2. The van der Waals surface area contributed by atoms with Crippen LogP contribution in [-0.2, 0) is 27.2 Å². The van der Waals surface area contributed by atoms with Crippen LogP contribution < -0.4 is 10.6 Å². The Morgan fingerprint density at radius 3 is 2.50 bits per heavy atom. The largest absolute Gasteiger partial charge is 0.464 e. The molecule has 182 valence electrons. The van der Waals surface area contributed by atoms with Crippen molar-refractivity contribution in [1.82, 2.24) is 9.55 Å². The molecular weight excluding hydrogens is 432 g/mol. The molecule has 0 bridgehead atoms. The highest BCUT2D eigenvalue weighted by Crippen LogP contribution is 2.33.